The van der Waals surface area contributed by atoms with Crippen LogP contribution in [0.2, 0.25) is 5.02 Å². The summed E-state index contributed by atoms with van der Waals surface area (Å²) in [5.74, 6) is 0.973. The van der Waals surface area contributed by atoms with Crippen molar-refractivity contribution in [3.63, 3.8) is 0 Å². The molecule has 1 heterocycles. The van der Waals surface area contributed by atoms with Crippen molar-refractivity contribution in [3.8, 4) is 0 Å². The van der Waals surface area contributed by atoms with Gasteiger partial charge in [0.1, 0.15) is 5.82 Å². The van der Waals surface area contributed by atoms with Crippen molar-refractivity contribution >= 4 is 11.6 Å². The second-order valence-corrected chi connectivity index (χ2v) is 4.15. The number of imidazole rings is 1. The van der Waals surface area contributed by atoms with Crippen LogP contribution in [0.4, 0.5) is 0 Å². The Kier molecular flexibility index (Phi) is 3.27. The number of nitrogens with two attached hydrogens (primary N) is 1. The summed E-state index contributed by atoms with van der Waals surface area (Å²) in [5, 5.41) is 0.754. The summed E-state index contributed by atoms with van der Waals surface area (Å²) in [5.41, 5.74) is 7.86. The second-order valence-electron chi connectivity index (χ2n) is 3.72. The van der Waals surface area contributed by atoms with E-state index in [-0.39, 0.29) is 0 Å². The van der Waals surface area contributed by atoms with Gasteiger partial charge in [-0.2, -0.15) is 0 Å². The van der Waals surface area contributed by atoms with E-state index < -0.39 is 0 Å². The van der Waals surface area contributed by atoms with Gasteiger partial charge in [0.05, 0.1) is 5.69 Å². The number of rotatable bonds is 3. The first-order chi connectivity index (χ1) is 7.70. The summed E-state index contributed by atoms with van der Waals surface area (Å²) < 4.78 is 2.10. The first-order valence-corrected chi connectivity index (χ1v) is 5.54. The number of aryl methyl sites for hydroxylation is 1. The van der Waals surface area contributed by atoms with Crippen LogP contribution < -0.4 is 5.73 Å². The summed E-state index contributed by atoms with van der Waals surface area (Å²) in [6.07, 6.45) is 1.82. The molecule has 0 unspecified atom stereocenters. The van der Waals surface area contributed by atoms with Crippen LogP contribution in [-0.4, -0.2) is 9.55 Å². The standard InChI is InChI=1S/C12H14ClN3/c1-9-15-7-12(6-14)16(9)8-10-3-2-4-11(13)5-10/h2-5,7H,6,8,14H2,1H3. The molecule has 0 aliphatic rings. The predicted octanol–water partition coefficient (Wildman–Crippen LogP) is 2.35. The lowest BCUT2D eigenvalue weighted by atomic mass is 10.2. The zero-order valence-electron chi connectivity index (χ0n) is 9.15. The molecule has 1 aromatic heterocycles. The van der Waals surface area contributed by atoms with Crippen molar-refractivity contribution in [2.45, 2.75) is 20.0 Å². The number of aromatic nitrogens is 2. The van der Waals surface area contributed by atoms with E-state index in [1.54, 1.807) is 0 Å². The number of hydrogen-bond acceptors (Lipinski definition) is 2. The van der Waals surface area contributed by atoms with Crippen molar-refractivity contribution in [2.75, 3.05) is 0 Å². The van der Waals surface area contributed by atoms with Crippen LogP contribution in [0.3, 0.4) is 0 Å². The molecule has 0 atom stereocenters. The Morgan fingerprint density at radius 2 is 2.25 bits per heavy atom. The van der Waals surface area contributed by atoms with Gasteiger partial charge < -0.3 is 10.3 Å². The maximum atomic E-state index is 5.95. The lowest BCUT2D eigenvalue weighted by Crippen LogP contribution is -2.09. The maximum absolute atomic E-state index is 5.95. The molecule has 0 saturated heterocycles. The minimum absolute atomic E-state index is 0.501. The molecule has 84 valence electrons. The number of nitrogens with zero attached hydrogens (tertiary/aromatic N) is 2. The zero-order chi connectivity index (χ0) is 11.5. The third-order valence-electron chi connectivity index (χ3n) is 2.58. The lowest BCUT2D eigenvalue weighted by molar-refractivity contribution is 0.713. The average molecular weight is 236 g/mol. The molecule has 0 amide bonds. The quantitative estimate of drug-likeness (QED) is 0.888. The molecule has 1 aromatic carbocycles. The number of hydrogen-bond donors (Lipinski definition) is 1. The molecular weight excluding hydrogens is 222 g/mol. The molecule has 0 radical (unpaired) electrons. The molecule has 2 aromatic rings. The van der Waals surface area contributed by atoms with E-state index in [1.807, 2.05) is 37.4 Å². The molecule has 0 bridgehead atoms. The SMILES string of the molecule is Cc1ncc(CN)n1Cc1cccc(Cl)c1. The molecule has 0 aliphatic heterocycles. The van der Waals surface area contributed by atoms with Gasteiger partial charge in [0.25, 0.3) is 0 Å². The van der Waals surface area contributed by atoms with Crippen LogP contribution in [0.15, 0.2) is 30.5 Å². The van der Waals surface area contributed by atoms with Crippen LogP contribution >= 0.6 is 11.6 Å². The Balaban J connectivity index is 2.29. The molecule has 2 rings (SSSR count). The van der Waals surface area contributed by atoms with E-state index in [9.17, 15) is 0 Å². The van der Waals surface area contributed by atoms with Gasteiger partial charge in [0, 0.05) is 24.3 Å². The minimum Gasteiger partial charge on any atom is -0.327 e. The Bertz CT molecular complexity index is 491. The van der Waals surface area contributed by atoms with Gasteiger partial charge >= 0.3 is 0 Å². The van der Waals surface area contributed by atoms with E-state index in [0.717, 1.165) is 28.6 Å². The maximum Gasteiger partial charge on any atom is 0.106 e. The van der Waals surface area contributed by atoms with Crippen LogP contribution in [0.1, 0.15) is 17.1 Å². The third-order valence-corrected chi connectivity index (χ3v) is 2.81. The minimum atomic E-state index is 0.501. The monoisotopic (exact) mass is 235 g/mol. The van der Waals surface area contributed by atoms with Gasteiger partial charge in [-0.15, -0.1) is 0 Å². The van der Waals surface area contributed by atoms with E-state index >= 15 is 0 Å². The topological polar surface area (TPSA) is 43.8 Å². The molecular formula is C12H14ClN3. The molecule has 4 heteroatoms. The van der Waals surface area contributed by atoms with E-state index in [0.29, 0.717) is 6.54 Å². The van der Waals surface area contributed by atoms with Crippen LogP contribution in [0.5, 0.6) is 0 Å². The Morgan fingerprint density at radius 1 is 1.44 bits per heavy atom. The lowest BCUT2D eigenvalue weighted by Gasteiger charge is -2.09. The zero-order valence-corrected chi connectivity index (χ0v) is 9.91. The van der Waals surface area contributed by atoms with Gasteiger partial charge in [0.15, 0.2) is 0 Å². The first kappa shape index (κ1) is 11.2. The number of halogens is 1. The fraction of sp³-hybridized carbons (Fsp3) is 0.250. The van der Waals surface area contributed by atoms with Gasteiger partial charge in [-0.05, 0) is 24.6 Å². The highest BCUT2D eigenvalue weighted by molar-refractivity contribution is 6.30. The van der Waals surface area contributed by atoms with Crippen LogP contribution in [0.25, 0.3) is 0 Å². The number of benzene rings is 1. The highest BCUT2D eigenvalue weighted by Crippen LogP contribution is 2.14. The Labute approximate surface area is 99.9 Å². The molecule has 2 N–H and O–H groups in total. The molecule has 0 saturated carbocycles. The average Bonchev–Trinajstić information content (AvgIpc) is 2.60. The molecule has 0 fully saturated rings. The summed E-state index contributed by atoms with van der Waals surface area (Å²) in [4.78, 5) is 4.26. The van der Waals surface area contributed by atoms with E-state index in [1.165, 1.54) is 0 Å². The van der Waals surface area contributed by atoms with Gasteiger partial charge in [-0.25, -0.2) is 4.98 Å². The molecule has 3 nitrogen and oxygen atoms in total. The summed E-state index contributed by atoms with van der Waals surface area (Å²) >= 11 is 5.95. The Hall–Kier alpha value is -1.32. The summed E-state index contributed by atoms with van der Waals surface area (Å²) in [6.45, 7) is 3.24. The van der Waals surface area contributed by atoms with Crippen molar-refractivity contribution < 1.29 is 0 Å². The molecule has 0 aliphatic carbocycles. The highest BCUT2D eigenvalue weighted by Gasteiger charge is 2.05. The van der Waals surface area contributed by atoms with Crippen molar-refractivity contribution in [3.05, 3.63) is 52.6 Å². The van der Waals surface area contributed by atoms with E-state index in [4.69, 9.17) is 17.3 Å². The third kappa shape index (κ3) is 2.26. The van der Waals surface area contributed by atoms with Crippen molar-refractivity contribution in [2.24, 2.45) is 5.73 Å². The summed E-state index contributed by atoms with van der Waals surface area (Å²) in [6, 6.07) is 7.83. The first-order valence-electron chi connectivity index (χ1n) is 5.16. The fourth-order valence-electron chi connectivity index (χ4n) is 1.71. The smallest absolute Gasteiger partial charge is 0.106 e. The van der Waals surface area contributed by atoms with Gasteiger partial charge in [-0.3, -0.25) is 0 Å². The van der Waals surface area contributed by atoms with Gasteiger partial charge in [-0.1, -0.05) is 23.7 Å². The largest absolute Gasteiger partial charge is 0.327 e. The Morgan fingerprint density at radius 3 is 2.94 bits per heavy atom. The molecule has 16 heavy (non-hydrogen) atoms. The predicted molar refractivity (Wildman–Crippen MR) is 65.4 cm³/mol. The van der Waals surface area contributed by atoms with E-state index in [2.05, 4.69) is 9.55 Å². The molecule has 0 spiro atoms. The van der Waals surface area contributed by atoms with Crippen LogP contribution in [-0.2, 0) is 13.1 Å². The fourth-order valence-corrected chi connectivity index (χ4v) is 1.92. The van der Waals surface area contributed by atoms with Gasteiger partial charge in [0.2, 0.25) is 0 Å². The summed E-state index contributed by atoms with van der Waals surface area (Å²) in [7, 11) is 0. The van der Waals surface area contributed by atoms with Crippen LogP contribution in [0, 0.1) is 6.92 Å². The van der Waals surface area contributed by atoms with Crippen molar-refractivity contribution in [1.82, 2.24) is 9.55 Å². The normalized spacial score (nSPS) is 10.7. The van der Waals surface area contributed by atoms with Crippen molar-refractivity contribution in [1.29, 1.82) is 0 Å². The highest BCUT2D eigenvalue weighted by atomic mass is 35.5. The second kappa shape index (κ2) is 4.68.